The van der Waals surface area contributed by atoms with Gasteiger partial charge in [-0.15, -0.1) is 10.2 Å². The van der Waals surface area contributed by atoms with Crippen LogP contribution >= 0.6 is 11.6 Å². The molecule has 1 amide bonds. The number of nitro groups is 1. The number of anilines is 2. The lowest BCUT2D eigenvalue weighted by Crippen LogP contribution is -2.41. The Kier molecular flexibility index (Phi) is 6.37. The number of piperidine rings is 1. The predicted molar refractivity (Wildman–Crippen MR) is 100 cm³/mol. The van der Waals surface area contributed by atoms with Crippen LogP contribution in [0, 0.1) is 16.0 Å². The Morgan fingerprint density at radius 2 is 2.14 bits per heavy atom. The highest BCUT2D eigenvalue weighted by atomic mass is 35.5. The molecule has 1 fully saturated rings. The van der Waals surface area contributed by atoms with Gasteiger partial charge in [0.05, 0.1) is 16.5 Å². The summed E-state index contributed by atoms with van der Waals surface area (Å²) in [6.07, 6.45) is 1.25. The number of aromatic nitrogens is 2. The Bertz CT molecular complexity index is 900. The Labute approximate surface area is 168 Å². The van der Waals surface area contributed by atoms with Crippen molar-refractivity contribution in [2.45, 2.75) is 19.5 Å². The topological polar surface area (TPSA) is 110 Å². The second kappa shape index (κ2) is 8.95. The van der Waals surface area contributed by atoms with Crippen LogP contribution < -0.4 is 15.0 Å². The lowest BCUT2D eigenvalue weighted by atomic mass is 9.97. The first-order valence-corrected chi connectivity index (χ1v) is 8.99. The van der Waals surface area contributed by atoms with Crippen LogP contribution in [0.15, 0.2) is 30.3 Å². The number of carbonyl (C=O) groups is 1. The van der Waals surface area contributed by atoms with Crippen molar-refractivity contribution >= 4 is 34.7 Å². The molecule has 1 aliphatic heterocycles. The fourth-order valence-electron chi connectivity index (χ4n) is 3.04. The number of carbonyl (C=O) groups excluding carboxylic acids is 1. The first-order chi connectivity index (χ1) is 13.8. The number of benzene rings is 1. The molecule has 0 radical (unpaired) electrons. The molecule has 1 aliphatic rings. The van der Waals surface area contributed by atoms with Crippen molar-refractivity contribution in [3.8, 4) is 5.75 Å². The van der Waals surface area contributed by atoms with E-state index in [0.29, 0.717) is 31.7 Å². The number of nitrogens with one attached hydrogen (secondary N) is 1. The average molecular weight is 428 g/mol. The third-order valence-corrected chi connectivity index (χ3v) is 4.58. The summed E-state index contributed by atoms with van der Waals surface area (Å²) in [7, 11) is 0. The number of non-ortho nitro benzene ring substituents is 1. The van der Waals surface area contributed by atoms with E-state index >= 15 is 0 Å². The Hall–Kier alpha value is -3.08. The maximum absolute atomic E-state index is 12.7. The van der Waals surface area contributed by atoms with Gasteiger partial charge in [0.2, 0.25) is 5.91 Å². The van der Waals surface area contributed by atoms with Crippen molar-refractivity contribution < 1.29 is 23.2 Å². The molecule has 2 aromatic rings. The number of nitrogens with zero attached hydrogens (tertiary/aromatic N) is 4. The van der Waals surface area contributed by atoms with Gasteiger partial charge in [0.25, 0.3) is 5.69 Å². The highest BCUT2D eigenvalue weighted by molar-refractivity contribution is 6.29. The molecule has 1 aromatic carbocycles. The van der Waals surface area contributed by atoms with Gasteiger partial charge in [-0.25, -0.2) is 0 Å². The van der Waals surface area contributed by atoms with Crippen molar-refractivity contribution in [1.29, 1.82) is 0 Å². The van der Waals surface area contributed by atoms with Crippen LogP contribution in [0.1, 0.15) is 12.8 Å². The van der Waals surface area contributed by atoms with Gasteiger partial charge in [-0.3, -0.25) is 14.9 Å². The molecule has 0 aliphatic carbocycles. The molecule has 29 heavy (non-hydrogen) atoms. The summed E-state index contributed by atoms with van der Waals surface area (Å²) in [5, 5.41) is 21.5. The van der Waals surface area contributed by atoms with E-state index in [-0.39, 0.29) is 22.3 Å². The summed E-state index contributed by atoms with van der Waals surface area (Å²) in [5.74, 6) is -0.740. The summed E-state index contributed by atoms with van der Waals surface area (Å²) in [6, 6.07) is 6.31. The summed E-state index contributed by atoms with van der Waals surface area (Å²) in [4.78, 5) is 24.9. The van der Waals surface area contributed by atoms with Crippen molar-refractivity contribution in [2.24, 2.45) is 5.92 Å². The summed E-state index contributed by atoms with van der Waals surface area (Å²) in [6.45, 7) is -2.15. The number of alkyl halides is 2. The van der Waals surface area contributed by atoms with Crippen molar-refractivity contribution in [2.75, 3.05) is 23.3 Å². The molecule has 1 saturated heterocycles. The maximum atomic E-state index is 12.7. The van der Waals surface area contributed by atoms with Gasteiger partial charge in [0.15, 0.2) is 11.0 Å². The lowest BCUT2D eigenvalue weighted by Gasteiger charge is -2.32. The number of amides is 1. The van der Waals surface area contributed by atoms with Crippen LogP contribution in [-0.4, -0.2) is 40.7 Å². The Morgan fingerprint density at radius 1 is 1.34 bits per heavy atom. The van der Waals surface area contributed by atoms with Crippen LogP contribution in [0.2, 0.25) is 5.15 Å². The minimum Gasteiger partial charge on any atom is -0.433 e. The second-order valence-electron chi connectivity index (χ2n) is 6.30. The molecule has 1 aromatic heterocycles. The zero-order valence-electron chi connectivity index (χ0n) is 14.9. The number of hydrogen-bond acceptors (Lipinski definition) is 7. The van der Waals surface area contributed by atoms with Crippen LogP contribution in [0.25, 0.3) is 0 Å². The quantitative estimate of drug-likeness (QED) is 0.554. The van der Waals surface area contributed by atoms with E-state index < -0.39 is 23.4 Å². The van der Waals surface area contributed by atoms with E-state index in [1.807, 2.05) is 4.90 Å². The molecule has 12 heteroatoms. The second-order valence-corrected chi connectivity index (χ2v) is 6.69. The molecule has 2 heterocycles. The normalized spacial score (nSPS) is 16.6. The lowest BCUT2D eigenvalue weighted by molar-refractivity contribution is -0.384. The smallest absolute Gasteiger partial charge is 0.387 e. The van der Waals surface area contributed by atoms with Gasteiger partial charge in [-0.1, -0.05) is 11.6 Å². The van der Waals surface area contributed by atoms with E-state index in [4.69, 9.17) is 11.6 Å². The van der Waals surface area contributed by atoms with Gasteiger partial charge in [-0.05, 0) is 31.0 Å². The van der Waals surface area contributed by atoms with Crippen LogP contribution in [0.4, 0.5) is 26.0 Å². The minimum atomic E-state index is -3.14. The minimum absolute atomic E-state index is 0.187. The molecular weight excluding hydrogens is 412 g/mol. The Morgan fingerprint density at radius 3 is 2.79 bits per heavy atom. The van der Waals surface area contributed by atoms with Gasteiger partial charge in [-0.2, -0.15) is 8.78 Å². The third-order valence-electron chi connectivity index (χ3n) is 4.38. The van der Waals surface area contributed by atoms with Crippen molar-refractivity contribution in [3.63, 3.8) is 0 Å². The number of rotatable bonds is 6. The van der Waals surface area contributed by atoms with E-state index in [0.717, 1.165) is 18.2 Å². The molecule has 0 spiro atoms. The zero-order valence-corrected chi connectivity index (χ0v) is 15.7. The standard InChI is InChI=1S/C17H16ClF2N5O4/c18-14-5-6-15(23-22-14)24-7-1-2-10(9-24)16(26)21-12-8-11(25(27)28)3-4-13(12)29-17(19)20/h3-6,8,10,17H,1-2,7,9H2,(H,21,26)/t10-/m0/s1. The highest BCUT2D eigenvalue weighted by Crippen LogP contribution is 2.31. The molecule has 0 bridgehead atoms. The first kappa shape index (κ1) is 20.6. The van der Waals surface area contributed by atoms with Crippen molar-refractivity contribution in [1.82, 2.24) is 10.2 Å². The maximum Gasteiger partial charge on any atom is 0.387 e. The van der Waals surface area contributed by atoms with E-state index in [1.54, 1.807) is 12.1 Å². The van der Waals surface area contributed by atoms with E-state index in [9.17, 15) is 23.7 Å². The molecule has 3 rings (SSSR count). The first-order valence-electron chi connectivity index (χ1n) is 8.62. The fraction of sp³-hybridized carbons (Fsp3) is 0.353. The summed E-state index contributed by atoms with van der Waals surface area (Å²) >= 11 is 5.74. The monoisotopic (exact) mass is 427 g/mol. The fourth-order valence-corrected chi connectivity index (χ4v) is 3.14. The predicted octanol–water partition coefficient (Wildman–Crippen LogP) is 3.49. The number of hydrogen-bond donors (Lipinski definition) is 1. The van der Waals surface area contributed by atoms with Gasteiger partial charge >= 0.3 is 6.61 Å². The summed E-state index contributed by atoms with van der Waals surface area (Å²) in [5.41, 5.74) is -0.545. The highest BCUT2D eigenvalue weighted by Gasteiger charge is 2.28. The molecule has 1 N–H and O–H groups in total. The molecule has 0 unspecified atom stereocenters. The Balaban J connectivity index is 1.75. The average Bonchev–Trinajstić information content (AvgIpc) is 2.69. The third kappa shape index (κ3) is 5.25. The molecular formula is C17H16ClF2N5O4. The molecule has 154 valence electrons. The number of halogens is 3. The molecule has 1 atom stereocenters. The number of nitro benzene ring substituents is 1. The number of ether oxygens (including phenoxy) is 1. The van der Waals surface area contributed by atoms with Crippen molar-refractivity contribution in [3.05, 3.63) is 45.6 Å². The zero-order chi connectivity index (χ0) is 21.0. The van der Waals surface area contributed by atoms with Crippen LogP contribution in [0.5, 0.6) is 5.75 Å². The van der Waals surface area contributed by atoms with Gasteiger partial charge in [0.1, 0.15) is 5.75 Å². The van der Waals surface area contributed by atoms with E-state index in [2.05, 4.69) is 20.3 Å². The van der Waals surface area contributed by atoms with Gasteiger partial charge < -0.3 is 15.0 Å². The summed E-state index contributed by atoms with van der Waals surface area (Å²) < 4.78 is 29.6. The van der Waals surface area contributed by atoms with Gasteiger partial charge in [0, 0.05) is 25.2 Å². The molecule has 9 nitrogen and oxygen atoms in total. The molecule has 0 saturated carbocycles. The van der Waals surface area contributed by atoms with Crippen LogP contribution in [0.3, 0.4) is 0 Å². The van der Waals surface area contributed by atoms with E-state index in [1.165, 1.54) is 0 Å². The van der Waals surface area contributed by atoms with Crippen LogP contribution in [-0.2, 0) is 4.79 Å². The largest absolute Gasteiger partial charge is 0.433 e. The SMILES string of the molecule is O=C(Nc1cc([N+](=O)[O-])ccc1OC(F)F)[C@H]1CCCN(c2ccc(Cl)nn2)C1.